The first-order valence-corrected chi connectivity index (χ1v) is 10.0. The first-order chi connectivity index (χ1) is 13.2. The van der Waals surface area contributed by atoms with E-state index in [1.807, 2.05) is 18.2 Å². The van der Waals surface area contributed by atoms with Crippen LogP contribution in [0.5, 0.6) is 0 Å². The third kappa shape index (κ3) is 5.65. The van der Waals surface area contributed by atoms with Crippen molar-refractivity contribution in [1.29, 1.82) is 0 Å². The van der Waals surface area contributed by atoms with Crippen LogP contribution in [0.1, 0.15) is 25.0 Å². The van der Waals surface area contributed by atoms with Gasteiger partial charge in [0.2, 0.25) is 5.91 Å². The van der Waals surface area contributed by atoms with Crippen molar-refractivity contribution in [3.05, 3.63) is 65.7 Å². The number of anilines is 1. The second-order valence-corrected chi connectivity index (χ2v) is 7.41. The van der Waals surface area contributed by atoms with Gasteiger partial charge in [-0.05, 0) is 37.0 Å². The van der Waals surface area contributed by atoms with E-state index in [9.17, 15) is 4.79 Å². The predicted molar refractivity (Wildman–Crippen MR) is 112 cm³/mol. The molecule has 0 saturated carbocycles. The average Bonchev–Trinajstić information content (AvgIpc) is 2.69. The van der Waals surface area contributed by atoms with Gasteiger partial charge in [0.15, 0.2) is 0 Å². The van der Waals surface area contributed by atoms with Gasteiger partial charge in [0.25, 0.3) is 0 Å². The summed E-state index contributed by atoms with van der Waals surface area (Å²) < 4.78 is 0. The number of carbonyl (C=O) groups is 1. The van der Waals surface area contributed by atoms with Crippen molar-refractivity contribution in [3.63, 3.8) is 0 Å². The van der Waals surface area contributed by atoms with E-state index in [-0.39, 0.29) is 5.91 Å². The van der Waals surface area contributed by atoms with E-state index < -0.39 is 0 Å². The minimum atomic E-state index is 0.0849. The van der Waals surface area contributed by atoms with Gasteiger partial charge >= 0.3 is 0 Å². The summed E-state index contributed by atoms with van der Waals surface area (Å²) in [6, 6.07) is 19.3. The predicted octanol–water partition coefficient (Wildman–Crippen LogP) is 3.44. The lowest BCUT2D eigenvalue weighted by atomic mass is 10.1. The molecule has 1 unspecified atom stereocenters. The molecule has 0 aliphatic carbocycles. The monoisotopic (exact) mass is 365 g/mol. The molecule has 2 aromatic rings. The molecule has 0 spiro atoms. The maximum absolute atomic E-state index is 12.4. The number of amides is 1. The number of carbonyl (C=O) groups excluding carboxylic acids is 1. The van der Waals surface area contributed by atoms with E-state index in [0.717, 1.165) is 44.7 Å². The molecule has 0 bridgehead atoms. The number of nitrogens with zero attached hydrogens (tertiary/aromatic N) is 2. The molecular formula is C23H31N3O. The van der Waals surface area contributed by atoms with Crippen molar-refractivity contribution in [3.8, 4) is 0 Å². The largest absolute Gasteiger partial charge is 0.325 e. The lowest BCUT2D eigenvalue weighted by Gasteiger charge is -2.37. The van der Waals surface area contributed by atoms with E-state index in [4.69, 9.17) is 0 Å². The number of benzene rings is 2. The number of piperazine rings is 1. The molecule has 1 aliphatic rings. The molecule has 4 heteroatoms. The Kier molecular flexibility index (Phi) is 7.02. The average molecular weight is 366 g/mol. The SMILES string of the molecule is CCc1ccccc1NC(=O)CN1CCN(C(C)Cc2ccccc2)CC1. The number of nitrogens with one attached hydrogen (secondary N) is 1. The maximum atomic E-state index is 12.4. The molecule has 1 fully saturated rings. The normalized spacial score (nSPS) is 16.8. The van der Waals surface area contributed by atoms with Crippen molar-refractivity contribution >= 4 is 11.6 Å². The fraction of sp³-hybridized carbons (Fsp3) is 0.435. The van der Waals surface area contributed by atoms with Crippen molar-refractivity contribution in [2.24, 2.45) is 0 Å². The lowest BCUT2D eigenvalue weighted by Crippen LogP contribution is -2.51. The Labute approximate surface area is 163 Å². The smallest absolute Gasteiger partial charge is 0.238 e. The summed E-state index contributed by atoms with van der Waals surface area (Å²) in [4.78, 5) is 17.2. The van der Waals surface area contributed by atoms with Crippen LogP contribution in [0.4, 0.5) is 5.69 Å². The topological polar surface area (TPSA) is 35.6 Å². The molecule has 3 rings (SSSR count). The Morgan fingerprint density at radius 3 is 2.37 bits per heavy atom. The molecule has 1 amide bonds. The van der Waals surface area contributed by atoms with Crippen molar-refractivity contribution in [2.45, 2.75) is 32.7 Å². The fourth-order valence-electron chi connectivity index (χ4n) is 3.79. The first-order valence-electron chi connectivity index (χ1n) is 10.0. The molecule has 1 atom stereocenters. The van der Waals surface area contributed by atoms with E-state index >= 15 is 0 Å². The Hall–Kier alpha value is -2.17. The van der Waals surface area contributed by atoms with Gasteiger partial charge in [0, 0.05) is 37.9 Å². The van der Waals surface area contributed by atoms with Gasteiger partial charge in [-0.25, -0.2) is 0 Å². The van der Waals surface area contributed by atoms with Crippen LogP contribution in [0.25, 0.3) is 0 Å². The van der Waals surface area contributed by atoms with E-state index in [0.29, 0.717) is 12.6 Å². The quantitative estimate of drug-likeness (QED) is 0.816. The highest BCUT2D eigenvalue weighted by Crippen LogP contribution is 2.16. The first kappa shape index (κ1) is 19.6. The van der Waals surface area contributed by atoms with Crippen LogP contribution in [-0.2, 0) is 17.6 Å². The molecule has 144 valence electrons. The second kappa shape index (κ2) is 9.67. The Morgan fingerprint density at radius 1 is 1.00 bits per heavy atom. The van der Waals surface area contributed by atoms with Crippen molar-refractivity contribution < 1.29 is 4.79 Å². The number of aryl methyl sites for hydroxylation is 1. The molecular weight excluding hydrogens is 334 g/mol. The summed E-state index contributed by atoms with van der Waals surface area (Å²) in [5, 5.41) is 3.08. The van der Waals surface area contributed by atoms with E-state index in [2.05, 4.69) is 65.4 Å². The molecule has 27 heavy (non-hydrogen) atoms. The second-order valence-electron chi connectivity index (χ2n) is 7.41. The van der Waals surface area contributed by atoms with Crippen molar-refractivity contribution in [1.82, 2.24) is 9.80 Å². The Morgan fingerprint density at radius 2 is 1.67 bits per heavy atom. The molecule has 0 aromatic heterocycles. The Balaban J connectivity index is 1.44. The highest BCUT2D eigenvalue weighted by Gasteiger charge is 2.22. The molecule has 1 heterocycles. The summed E-state index contributed by atoms with van der Waals surface area (Å²) in [6.45, 7) is 8.82. The minimum absolute atomic E-state index is 0.0849. The van der Waals surface area contributed by atoms with E-state index in [1.165, 1.54) is 11.1 Å². The third-order valence-electron chi connectivity index (χ3n) is 5.44. The van der Waals surface area contributed by atoms with Crippen LogP contribution >= 0.6 is 0 Å². The highest BCUT2D eigenvalue weighted by atomic mass is 16.2. The third-order valence-corrected chi connectivity index (χ3v) is 5.44. The molecule has 4 nitrogen and oxygen atoms in total. The molecule has 1 aliphatic heterocycles. The van der Waals surface area contributed by atoms with Crippen LogP contribution in [-0.4, -0.2) is 54.5 Å². The van der Waals surface area contributed by atoms with Gasteiger partial charge in [-0.3, -0.25) is 14.6 Å². The number of hydrogen-bond donors (Lipinski definition) is 1. The van der Waals surface area contributed by atoms with Gasteiger partial charge in [0.05, 0.1) is 6.54 Å². The molecule has 1 saturated heterocycles. The summed E-state index contributed by atoms with van der Waals surface area (Å²) in [5.74, 6) is 0.0849. The highest BCUT2D eigenvalue weighted by molar-refractivity contribution is 5.93. The summed E-state index contributed by atoms with van der Waals surface area (Å²) in [5.41, 5.74) is 3.52. The van der Waals surface area contributed by atoms with Gasteiger partial charge in [-0.15, -0.1) is 0 Å². The van der Waals surface area contributed by atoms with Crippen molar-refractivity contribution in [2.75, 3.05) is 38.0 Å². The molecule has 1 N–H and O–H groups in total. The number of rotatable bonds is 7. The fourth-order valence-corrected chi connectivity index (χ4v) is 3.79. The lowest BCUT2D eigenvalue weighted by molar-refractivity contribution is -0.117. The van der Waals surface area contributed by atoms with Gasteiger partial charge in [-0.2, -0.15) is 0 Å². The number of para-hydroxylation sites is 1. The standard InChI is InChI=1S/C23H31N3O/c1-3-21-11-7-8-12-22(21)24-23(27)18-25-13-15-26(16-14-25)19(2)17-20-9-5-4-6-10-20/h4-12,19H,3,13-18H2,1-2H3,(H,24,27). The van der Waals surface area contributed by atoms with Gasteiger partial charge < -0.3 is 5.32 Å². The van der Waals surface area contributed by atoms with Crippen LogP contribution < -0.4 is 5.32 Å². The van der Waals surface area contributed by atoms with E-state index in [1.54, 1.807) is 0 Å². The van der Waals surface area contributed by atoms with Gasteiger partial charge in [0.1, 0.15) is 0 Å². The number of hydrogen-bond acceptors (Lipinski definition) is 3. The zero-order valence-electron chi connectivity index (χ0n) is 16.5. The van der Waals surface area contributed by atoms with Crippen LogP contribution in [0.3, 0.4) is 0 Å². The zero-order valence-corrected chi connectivity index (χ0v) is 16.5. The summed E-state index contributed by atoms with van der Waals surface area (Å²) >= 11 is 0. The summed E-state index contributed by atoms with van der Waals surface area (Å²) in [7, 11) is 0. The van der Waals surface area contributed by atoms with Crippen LogP contribution in [0, 0.1) is 0 Å². The summed E-state index contributed by atoms with van der Waals surface area (Å²) in [6.07, 6.45) is 2.00. The van der Waals surface area contributed by atoms with Crippen LogP contribution in [0.15, 0.2) is 54.6 Å². The molecule has 2 aromatic carbocycles. The maximum Gasteiger partial charge on any atom is 0.238 e. The minimum Gasteiger partial charge on any atom is -0.325 e. The molecule has 0 radical (unpaired) electrons. The zero-order chi connectivity index (χ0) is 19.1. The van der Waals surface area contributed by atoms with Crippen LogP contribution in [0.2, 0.25) is 0 Å². The van der Waals surface area contributed by atoms with Gasteiger partial charge in [-0.1, -0.05) is 55.5 Å². The Bertz CT molecular complexity index is 723.